The Morgan fingerprint density at radius 2 is 1.79 bits per heavy atom. The standard InChI is InChI=1S/C17H23BrN2O2SSi/c1-17(2,3)22-16(21)20(12-10-8-7-9-11-12)15-19-13(18)14(23-15)24(4,5)6/h7-11H,1-6H3. The second-order valence-corrected chi connectivity index (χ2v) is 14.6. The van der Waals surface area contributed by atoms with Crippen LogP contribution < -0.4 is 9.40 Å². The third-order valence-electron chi connectivity index (χ3n) is 3.04. The van der Waals surface area contributed by atoms with E-state index in [1.807, 2.05) is 51.1 Å². The van der Waals surface area contributed by atoms with Crippen LogP contribution >= 0.6 is 27.3 Å². The minimum absolute atomic E-state index is 0.419. The van der Waals surface area contributed by atoms with Gasteiger partial charge in [-0.1, -0.05) is 37.8 Å². The number of thiazole rings is 1. The van der Waals surface area contributed by atoms with Crippen molar-refractivity contribution in [3.63, 3.8) is 0 Å². The Bertz CT molecular complexity index is 720. The van der Waals surface area contributed by atoms with Crippen LogP contribution in [0.1, 0.15) is 20.8 Å². The van der Waals surface area contributed by atoms with Gasteiger partial charge in [0.1, 0.15) is 10.2 Å². The quantitative estimate of drug-likeness (QED) is 0.606. The fraction of sp³-hybridized carbons (Fsp3) is 0.412. The molecule has 1 aromatic heterocycles. The molecule has 0 aliphatic rings. The first kappa shape index (κ1) is 19.1. The Hall–Kier alpha value is -1.18. The largest absolute Gasteiger partial charge is 0.443 e. The predicted molar refractivity (Wildman–Crippen MR) is 108 cm³/mol. The molecular formula is C17H23BrN2O2SSi. The molecule has 1 amide bonds. The highest BCUT2D eigenvalue weighted by atomic mass is 79.9. The van der Waals surface area contributed by atoms with Gasteiger partial charge in [0.25, 0.3) is 0 Å². The van der Waals surface area contributed by atoms with E-state index in [0.29, 0.717) is 5.13 Å². The number of para-hydroxylation sites is 1. The molecule has 1 aromatic carbocycles. The Morgan fingerprint density at radius 1 is 1.21 bits per heavy atom. The van der Waals surface area contributed by atoms with Gasteiger partial charge >= 0.3 is 6.09 Å². The Labute approximate surface area is 157 Å². The minimum Gasteiger partial charge on any atom is -0.443 e. The molecule has 0 bridgehead atoms. The van der Waals surface area contributed by atoms with Gasteiger partial charge in [0.05, 0.1) is 13.8 Å². The predicted octanol–water partition coefficient (Wildman–Crippen LogP) is 5.52. The molecule has 0 aliphatic heterocycles. The summed E-state index contributed by atoms with van der Waals surface area (Å²) in [5.74, 6) is 0. The number of hydrogen-bond acceptors (Lipinski definition) is 4. The zero-order chi connectivity index (χ0) is 18.1. The molecular weight excluding hydrogens is 404 g/mol. The molecule has 0 aliphatic carbocycles. The van der Waals surface area contributed by atoms with E-state index in [1.54, 1.807) is 16.2 Å². The van der Waals surface area contributed by atoms with Crippen molar-refractivity contribution in [3.05, 3.63) is 34.9 Å². The smallest absolute Gasteiger partial charge is 0.421 e. The van der Waals surface area contributed by atoms with Gasteiger partial charge in [0.2, 0.25) is 0 Å². The summed E-state index contributed by atoms with van der Waals surface area (Å²) < 4.78 is 7.64. The summed E-state index contributed by atoms with van der Waals surface area (Å²) in [6.07, 6.45) is -0.419. The SMILES string of the molecule is CC(C)(C)OC(=O)N(c1ccccc1)c1nc(Br)c([Si](C)(C)C)s1. The van der Waals surface area contributed by atoms with Crippen LogP contribution in [0.5, 0.6) is 0 Å². The number of amides is 1. The highest BCUT2D eigenvalue weighted by molar-refractivity contribution is 9.10. The second-order valence-electron chi connectivity index (χ2n) is 7.52. The number of halogens is 1. The second kappa shape index (κ2) is 6.97. The molecule has 0 saturated heterocycles. The van der Waals surface area contributed by atoms with Crippen LogP contribution in [-0.4, -0.2) is 24.8 Å². The molecule has 0 unspecified atom stereocenters. The molecule has 0 radical (unpaired) electrons. The van der Waals surface area contributed by atoms with Gasteiger partial charge in [-0.05, 0) is 48.8 Å². The lowest BCUT2D eigenvalue weighted by molar-refractivity contribution is 0.0599. The molecule has 2 rings (SSSR count). The summed E-state index contributed by atoms with van der Waals surface area (Å²) in [6.45, 7) is 12.4. The normalized spacial score (nSPS) is 12.1. The average molecular weight is 427 g/mol. The molecule has 24 heavy (non-hydrogen) atoms. The van der Waals surface area contributed by atoms with Gasteiger partial charge in [-0.3, -0.25) is 0 Å². The minimum atomic E-state index is -1.56. The first-order valence-electron chi connectivity index (χ1n) is 7.74. The zero-order valence-corrected chi connectivity index (χ0v) is 18.3. The molecule has 1 heterocycles. The van der Waals surface area contributed by atoms with Gasteiger partial charge in [0, 0.05) is 4.50 Å². The van der Waals surface area contributed by atoms with Gasteiger partial charge in [-0.25, -0.2) is 14.7 Å². The van der Waals surface area contributed by atoms with E-state index in [0.717, 1.165) is 10.3 Å². The van der Waals surface area contributed by atoms with Crippen molar-refractivity contribution in [2.24, 2.45) is 0 Å². The number of anilines is 2. The molecule has 4 nitrogen and oxygen atoms in total. The van der Waals surface area contributed by atoms with Crippen molar-refractivity contribution in [3.8, 4) is 0 Å². The van der Waals surface area contributed by atoms with Crippen LogP contribution in [-0.2, 0) is 4.74 Å². The number of carbonyl (C=O) groups excluding carboxylic acids is 1. The molecule has 7 heteroatoms. The van der Waals surface area contributed by atoms with E-state index >= 15 is 0 Å². The van der Waals surface area contributed by atoms with Gasteiger partial charge in [0.15, 0.2) is 5.13 Å². The number of nitrogens with zero attached hydrogens (tertiary/aromatic N) is 2. The summed E-state index contributed by atoms with van der Waals surface area (Å²) in [5, 5.41) is 0.625. The van der Waals surface area contributed by atoms with Crippen LogP contribution in [0.3, 0.4) is 0 Å². The van der Waals surface area contributed by atoms with Crippen LogP contribution in [0.25, 0.3) is 0 Å². The van der Waals surface area contributed by atoms with Crippen molar-refractivity contribution in [1.29, 1.82) is 0 Å². The van der Waals surface area contributed by atoms with E-state index in [9.17, 15) is 4.79 Å². The zero-order valence-electron chi connectivity index (χ0n) is 14.9. The Balaban J connectivity index is 2.50. The van der Waals surface area contributed by atoms with E-state index in [2.05, 4.69) is 40.6 Å². The van der Waals surface area contributed by atoms with Gasteiger partial charge in [-0.2, -0.15) is 0 Å². The monoisotopic (exact) mass is 426 g/mol. The van der Waals surface area contributed by atoms with E-state index in [-0.39, 0.29) is 0 Å². The number of rotatable bonds is 3. The maximum Gasteiger partial charge on any atom is 0.421 e. The molecule has 0 spiro atoms. The summed E-state index contributed by atoms with van der Waals surface area (Å²) in [5.41, 5.74) is 0.176. The van der Waals surface area contributed by atoms with Crippen LogP contribution in [0, 0.1) is 0 Å². The van der Waals surface area contributed by atoms with Crippen molar-refractivity contribution in [2.45, 2.75) is 46.0 Å². The number of benzene rings is 1. The van der Waals surface area contributed by atoms with Crippen molar-refractivity contribution >= 4 is 56.8 Å². The lowest BCUT2D eigenvalue weighted by Crippen LogP contribution is -2.36. The first-order chi connectivity index (χ1) is 11.0. The first-order valence-corrected chi connectivity index (χ1v) is 12.8. The van der Waals surface area contributed by atoms with Gasteiger partial charge < -0.3 is 4.74 Å². The molecule has 130 valence electrons. The van der Waals surface area contributed by atoms with E-state index in [1.165, 1.54) is 4.50 Å². The van der Waals surface area contributed by atoms with Crippen LogP contribution in [0.15, 0.2) is 34.9 Å². The van der Waals surface area contributed by atoms with E-state index in [4.69, 9.17) is 4.74 Å². The third-order valence-corrected chi connectivity index (χ3v) is 8.84. The van der Waals surface area contributed by atoms with Crippen LogP contribution in [0.2, 0.25) is 19.6 Å². The molecule has 2 aromatic rings. The lowest BCUT2D eigenvalue weighted by Gasteiger charge is -2.25. The van der Waals surface area contributed by atoms with Crippen molar-refractivity contribution in [2.75, 3.05) is 4.90 Å². The number of carbonyl (C=O) groups is 1. The molecule has 0 atom stereocenters. The summed E-state index contributed by atoms with van der Waals surface area (Å²) in [4.78, 5) is 18.9. The topological polar surface area (TPSA) is 42.4 Å². The molecule has 0 saturated carbocycles. The fourth-order valence-electron chi connectivity index (χ4n) is 2.03. The van der Waals surface area contributed by atoms with Crippen LogP contribution in [0.4, 0.5) is 15.6 Å². The lowest BCUT2D eigenvalue weighted by atomic mass is 10.2. The number of hydrogen-bond donors (Lipinski definition) is 0. The Kier molecular flexibility index (Phi) is 5.56. The maximum atomic E-state index is 12.8. The number of aromatic nitrogens is 1. The number of ether oxygens (including phenoxy) is 1. The molecule has 0 fully saturated rings. The summed E-state index contributed by atoms with van der Waals surface area (Å²) in [7, 11) is -1.56. The van der Waals surface area contributed by atoms with Gasteiger partial charge in [-0.15, -0.1) is 11.3 Å². The highest BCUT2D eigenvalue weighted by Gasteiger charge is 2.31. The van der Waals surface area contributed by atoms with E-state index < -0.39 is 19.8 Å². The fourth-order valence-corrected chi connectivity index (χ4v) is 7.23. The highest BCUT2D eigenvalue weighted by Crippen LogP contribution is 2.32. The third kappa shape index (κ3) is 4.68. The Morgan fingerprint density at radius 3 is 2.25 bits per heavy atom. The average Bonchev–Trinajstić information content (AvgIpc) is 2.80. The maximum absolute atomic E-state index is 12.8. The summed E-state index contributed by atoms with van der Waals surface area (Å²) in [6, 6.07) is 9.48. The van der Waals surface area contributed by atoms with Crippen molar-refractivity contribution < 1.29 is 9.53 Å². The van der Waals surface area contributed by atoms with Crippen molar-refractivity contribution in [1.82, 2.24) is 4.98 Å². The summed E-state index contributed by atoms with van der Waals surface area (Å²) >= 11 is 5.11. The molecule has 0 N–H and O–H groups in total.